The van der Waals surface area contributed by atoms with Gasteiger partial charge in [-0.15, -0.1) is 0 Å². The van der Waals surface area contributed by atoms with Gasteiger partial charge in [0, 0.05) is 23.1 Å². The van der Waals surface area contributed by atoms with Crippen LogP contribution in [0, 0.1) is 5.92 Å². The monoisotopic (exact) mass is 283 g/mol. The van der Waals surface area contributed by atoms with Gasteiger partial charge in [-0.1, -0.05) is 12.0 Å². The van der Waals surface area contributed by atoms with E-state index in [0.29, 0.717) is 0 Å². The minimum Gasteiger partial charge on any atom is -0.393 e. The number of aliphatic hydroxyl groups is 2. The molecule has 2 heterocycles. The first-order valence-corrected chi connectivity index (χ1v) is 5.79. The van der Waals surface area contributed by atoms with Crippen LogP contribution in [-0.2, 0) is 4.74 Å². The van der Waals surface area contributed by atoms with Crippen LogP contribution in [-0.4, -0.2) is 38.2 Å². The Morgan fingerprint density at radius 1 is 1.65 bits per heavy atom. The molecule has 20 heavy (non-hydrogen) atoms. The standard InChI is InChI=1S/C10H13N5O5/c1-5-7(18)10(4-16,13-14-11)20-8(5)15-3-2-6(17)12-9(15)19/h2-3,5,7-8,16,18H,4H2,1H3,(H,12,17,19)/t5-,7-,8+,10+/m0/s1. The number of aromatic nitrogens is 2. The molecule has 1 aliphatic heterocycles. The second-order valence-electron chi connectivity index (χ2n) is 4.52. The lowest BCUT2D eigenvalue weighted by Gasteiger charge is -2.24. The maximum Gasteiger partial charge on any atom is 0.330 e. The molecule has 0 radical (unpaired) electrons. The quantitative estimate of drug-likeness (QED) is 0.371. The van der Waals surface area contributed by atoms with E-state index in [2.05, 4.69) is 15.0 Å². The highest BCUT2D eigenvalue weighted by Crippen LogP contribution is 2.41. The van der Waals surface area contributed by atoms with Gasteiger partial charge in [-0.05, 0) is 5.53 Å². The highest BCUT2D eigenvalue weighted by atomic mass is 16.6. The molecular formula is C10H13N5O5. The fourth-order valence-corrected chi connectivity index (χ4v) is 2.21. The highest BCUT2D eigenvalue weighted by Gasteiger charge is 2.53. The zero-order valence-corrected chi connectivity index (χ0v) is 10.5. The van der Waals surface area contributed by atoms with Crippen LogP contribution in [0.15, 0.2) is 27.0 Å². The fraction of sp³-hybridized carbons (Fsp3) is 0.600. The average Bonchev–Trinajstić information content (AvgIpc) is 2.65. The van der Waals surface area contributed by atoms with Crippen molar-refractivity contribution in [3.8, 4) is 0 Å². The van der Waals surface area contributed by atoms with Crippen LogP contribution in [0.2, 0.25) is 0 Å². The highest BCUT2D eigenvalue weighted by molar-refractivity contribution is 4.99. The zero-order chi connectivity index (χ0) is 14.9. The number of azide groups is 1. The third-order valence-electron chi connectivity index (χ3n) is 3.30. The summed E-state index contributed by atoms with van der Waals surface area (Å²) in [5, 5.41) is 22.7. The Morgan fingerprint density at radius 3 is 2.90 bits per heavy atom. The molecule has 0 spiro atoms. The second-order valence-corrected chi connectivity index (χ2v) is 4.52. The lowest BCUT2D eigenvalue weighted by molar-refractivity contribution is -0.124. The minimum absolute atomic E-state index is 0.569. The van der Waals surface area contributed by atoms with Gasteiger partial charge in [-0.2, -0.15) is 0 Å². The van der Waals surface area contributed by atoms with Crippen LogP contribution in [0.4, 0.5) is 0 Å². The maximum atomic E-state index is 11.7. The van der Waals surface area contributed by atoms with Crippen molar-refractivity contribution in [2.45, 2.75) is 25.0 Å². The average molecular weight is 283 g/mol. The van der Waals surface area contributed by atoms with Crippen molar-refractivity contribution in [2.75, 3.05) is 6.61 Å². The smallest absolute Gasteiger partial charge is 0.330 e. The Balaban J connectivity index is 2.47. The summed E-state index contributed by atoms with van der Waals surface area (Å²) in [5.41, 5.74) is 5.37. The Bertz CT molecular complexity index is 662. The number of H-pyrrole nitrogens is 1. The Kier molecular flexibility index (Phi) is 3.64. The predicted octanol–water partition coefficient (Wildman–Crippen LogP) is -0.939. The molecule has 1 saturated heterocycles. The molecule has 0 aromatic carbocycles. The first-order chi connectivity index (χ1) is 9.45. The zero-order valence-electron chi connectivity index (χ0n) is 10.5. The number of aromatic amines is 1. The summed E-state index contributed by atoms with van der Waals surface area (Å²) < 4.78 is 6.45. The van der Waals surface area contributed by atoms with Gasteiger partial charge in [-0.25, -0.2) is 4.79 Å². The normalized spacial score (nSPS) is 32.9. The molecule has 1 aromatic heterocycles. The lowest BCUT2D eigenvalue weighted by Crippen LogP contribution is -2.42. The molecule has 0 bridgehead atoms. The summed E-state index contributed by atoms with van der Waals surface area (Å²) in [4.78, 5) is 27.3. The Labute approximate surface area is 111 Å². The summed E-state index contributed by atoms with van der Waals surface area (Å²) in [5.74, 6) is -0.642. The van der Waals surface area contributed by atoms with E-state index in [1.165, 1.54) is 6.20 Å². The Hall–Kier alpha value is -2.13. The summed E-state index contributed by atoms with van der Waals surface area (Å²) in [6.45, 7) is 0.828. The van der Waals surface area contributed by atoms with Gasteiger partial charge in [0.1, 0.15) is 6.23 Å². The predicted molar refractivity (Wildman–Crippen MR) is 65.6 cm³/mol. The summed E-state index contributed by atoms with van der Waals surface area (Å²) in [6.07, 6.45) is -1.07. The molecule has 1 aromatic rings. The van der Waals surface area contributed by atoms with Crippen LogP contribution in [0.1, 0.15) is 13.2 Å². The molecule has 10 nitrogen and oxygen atoms in total. The van der Waals surface area contributed by atoms with Gasteiger partial charge in [0.15, 0.2) is 5.72 Å². The first-order valence-electron chi connectivity index (χ1n) is 5.79. The van der Waals surface area contributed by atoms with Gasteiger partial charge >= 0.3 is 5.69 Å². The van der Waals surface area contributed by atoms with Gasteiger partial charge < -0.3 is 14.9 Å². The molecular weight excluding hydrogens is 270 g/mol. The number of nitrogens with zero attached hydrogens (tertiary/aromatic N) is 4. The number of aliphatic hydroxyl groups excluding tert-OH is 2. The van der Waals surface area contributed by atoms with Crippen LogP contribution in [0.5, 0.6) is 0 Å². The molecule has 0 unspecified atom stereocenters. The van der Waals surface area contributed by atoms with Crippen molar-refractivity contribution in [2.24, 2.45) is 11.0 Å². The summed E-state index contributed by atoms with van der Waals surface area (Å²) in [7, 11) is 0. The van der Waals surface area contributed by atoms with Crippen molar-refractivity contribution < 1.29 is 14.9 Å². The molecule has 1 aliphatic rings. The van der Waals surface area contributed by atoms with E-state index in [4.69, 9.17) is 10.3 Å². The molecule has 10 heteroatoms. The number of rotatable bonds is 3. The van der Waals surface area contributed by atoms with Gasteiger partial charge in [0.05, 0.1) is 12.7 Å². The third kappa shape index (κ3) is 2.10. The number of nitrogens with one attached hydrogen (secondary N) is 1. The van der Waals surface area contributed by atoms with Crippen molar-refractivity contribution in [1.29, 1.82) is 0 Å². The molecule has 0 saturated carbocycles. The SMILES string of the molecule is C[C@@H]1[C@H](n2ccc(=O)[nH]c2=O)O[C@@](CO)(N=[N+]=[N-])[C@H]1O. The van der Waals surface area contributed by atoms with E-state index in [1.54, 1.807) is 6.92 Å². The summed E-state index contributed by atoms with van der Waals surface area (Å²) >= 11 is 0. The van der Waals surface area contributed by atoms with Gasteiger partial charge in [-0.3, -0.25) is 14.3 Å². The molecule has 0 aliphatic carbocycles. The van der Waals surface area contributed by atoms with Crippen LogP contribution in [0.25, 0.3) is 10.4 Å². The molecule has 4 atom stereocenters. The molecule has 3 N–H and O–H groups in total. The largest absolute Gasteiger partial charge is 0.393 e. The van der Waals surface area contributed by atoms with E-state index >= 15 is 0 Å². The minimum atomic E-state index is -1.85. The van der Waals surface area contributed by atoms with Crippen molar-refractivity contribution in [3.63, 3.8) is 0 Å². The second kappa shape index (κ2) is 5.10. The third-order valence-corrected chi connectivity index (χ3v) is 3.30. The van der Waals surface area contributed by atoms with Crippen LogP contribution < -0.4 is 11.2 Å². The molecule has 108 valence electrons. The van der Waals surface area contributed by atoms with E-state index in [-0.39, 0.29) is 0 Å². The van der Waals surface area contributed by atoms with E-state index in [1.807, 2.05) is 0 Å². The summed E-state index contributed by atoms with van der Waals surface area (Å²) in [6, 6.07) is 1.12. The molecule has 2 rings (SSSR count). The Morgan fingerprint density at radius 2 is 2.35 bits per heavy atom. The van der Waals surface area contributed by atoms with Gasteiger partial charge in [0.2, 0.25) is 0 Å². The van der Waals surface area contributed by atoms with E-state index < -0.39 is 41.8 Å². The van der Waals surface area contributed by atoms with Crippen molar-refractivity contribution in [1.82, 2.24) is 9.55 Å². The van der Waals surface area contributed by atoms with E-state index in [9.17, 15) is 19.8 Å². The maximum absolute atomic E-state index is 11.7. The van der Waals surface area contributed by atoms with Crippen LogP contribution >= 0.6 is 0 Å². The number of hydrogen-bond donors (Lipinski definition) is 3. The number of ether oxygens (including phenoxy) is 1. The molecule has 0 amide bonds. The van der Waals surface area contributed by atoms with E-state index in [0.717, 1.165) is 10.6 Å². The topological polar surface area (TPSA) is 153 Å². The lowest BCUT2D eigenvalue weighted by atomic mass is 9.98. The fourth-order valence-electron chi connectivity index (χ4n) is 2.21. The van der Waals surface area contributed by atoms with Crippen LogP contribution in [0.3, 0.4) is 0 Å². The number of hydrogen-bond acceptors (Lipinski definition) is 6. The van der Waals surface area contributed by atoms with Crippen molar-refractivity contribution >= 4 is 0 Å². The molecule has 1 fully saturated rings. The van der Waals surface area contributed by atoms with Crippen molar-refractivity contribution in [3.05, 3.63) is 43.5 Å². The first kappa shape index (κ1) is 14.3. The van der Waals surface area contributed by atoms with Gasteiger partial charge in [0.25, 0.3) is 5.56 Å².